The molecular formula is C38H57N9O5S3. The molecule has 14 nitrogen and oxygen atoms in total. The highest BCUT2D eigenvalue weighted by Gasteiger charge is 2.17. The summed E-state index contributed by atoms with van der Waals surface area (Å²) in [4.78, 5) is 68.1. The van der Waals surface area contributed by atoms with E-state index in [2.05, 4.69) is 92.1 Å². The maximum Gasteiger partial charge on any atom is 0.407 e. The molecule has 302 valence electrons. The Morgan fingerprint density at radius 1 is 0.800 bits per heavy atom. The van der Waals surface area contributed by atoms with E-state index in [-0.39, 0.29) is 24.9 Å². The number of rotatable bonds is 7. The summed E-state index contributed by atoms with van der Waals surface area (Å²) in [5.41, 5.74) is 2.03. The largest absolute Gasteiger partial charge is 0.453 e. The lowest BCUT2D eigenvalue weighted by Crippen LogP contribution is -2.37. The summed E-state index contributed by atoms with van der Waals surface area (Å²) in [5, 5.41) is 5.61. The van der Waals surface area contributed by atoms with E-state index in [4.69, 9.17) is 0 Å². The monoisotopic (exact) mass is 815 g/mol. The first-order valence-electron chi connectivity index (χ1n) is 18.5. The normalized spacial score (nSPS) is 12.9. The average Bonchev–Trinajstić information content (AvgIpc) is 4.02. The van der Waals surface area contributed by atoms with Crippen molar-refractivity contribution in [3.8, 4) is 31.0 Å². The number of fused-ring (bicyclic) bond motifs is 1. The lowest BCUT2D eigenvalue weighted by molar-refractivity contribution is -0.131. The molecule has 0 radical (unpaired) electrons. The number of carbonyl (C=O) groups excluding carboxylic acids is 4. The SMILES string of the molecule is CC(=O)NCC(=O)N1CCCC1.CCC.CCC.CN1CCCC1.COC(=O)NCC=O.c1ncc(-c2cc3sc(-c4cnc(-c5cnc[nH]5)s4)cc3s2)[nH]1. The van der Waals surface area contributed by atoms with Crippen molar-refractivity contribution in [3.05, 3.63) is 43.4 Å². The van der Waals surface area contributed by atoms with Crippen molar-refractivity contribution in [2.75, 3.05) is 53.4 Å². The molecule has 55 heavy (non-hydrogen) atoms. The van der Waals surface area contributed by atoms with Crippen molar-refractivity contribution in [1.82, 2.24) is 45.4 Å². The van der Waals surface area contributed by atoms with Crippen LogP contribution in [-0.2, 0) is 19.1 Å². The summed E-state index contributed by atoms with van der Waals surface area (Å²) in [6, 6.07) is 4.47. The molecule has 5 aromatic heterocycles. The van der Waals surface area contributed by atoms with Crippen molar-refractivity contribution in [2.24, 2.45) is 0 Å². The van der Waals surface area contributed by atoms with Gasteiger partial charge in [-0.2, -0.15) is 0 Å². The molecule has 2 aliphatic rings. The Bertz CT molecular complexity index is 1740. The van der Waals surface area contributed by atoms with Gasteiger partial charge in [0.1, 0.15) is 11.3 Å². The molecule has 2 saturated heterocycles. The molecule has 0 spiro atoms. The number of nitrogens with one attached hydrogen (secondary N) is 4. The maximum absolute atomic E-state index is 11.3. The Kier molecular flexibility index (Phi) is 23.1. The number of amides is 3. The van der Waals surface area contributed by atoms with Crippen LogP contribution in [0.3, 0.4) is 0 Å². The second-order valence-electron chi connectivity index (χ2n) is 12.4. The van der Waals surface area contributed by atoms with Crippen LogP contribution in [0.2, 0.25) is 0 Å². The number of hydrogen-bond donors (Lipinski definition) is 4. The van der Waals surface area contributed by atoms with E-state index in [0.29, 0.717) is 6.29 Å². The number of ether oxygens (including phenoxy) is 1. The molecule has 0 aromatic carbocycles. The number of aromatic nitrogens is 5. The van der Waals surface area contributed by atoms with Gasteiger partial charge in [-0.15, -0.1) is 34.0 Å². The number of thiazole rings is 1. The Morgan fingerprint density at radius 2 is 1.35 bits per heavy atom. The summed E-state index contributed by atoms with van der Waals surface area (Å²) in [6.45, 7) is 14.4. The van der Waals surface area contributed by atoms with E-state index < -0.39 is 6.09 Å². The third-order valence-corrected chi connectivity index (χ3v) is 10.8. The molecule has 2 aliphatic heterocycles. The number of likely N-dealkylation sites (tertiary alicyclic amines) is 2. The van der Waals surface area contributed by atoms with Crippen molar-refractivity contribution in [3.63, 3.8) is 0 Å². The summed E-state index contributed by atoms with van der Waals surface area (Å²) in [6.07, 6.45) is 16.5. The highest BCUT2D eigenvalue weighted by molar-refractivity contribution is 7.32. The van der Waals surface area contributed by atoms with Crippen LogP contribution in [0.15, 0.2) is 43.4 Å². The molecule has 5 aromatic rings. The molecular weight excluding hydrogens is 759 g/mol. The smallest absolute Gasteiger partial charge is 0.407 e. The molecule has 0 unspecified atom stereocenters. The summed E-state index contributed by atoms with van der Waals surface area (Å²) in [7, 11) is 3.41. The van der Waals surface area contributed by atoms with E-state index in [1.54, 1.807) is 57.8 Å². The molecule has 0 atom stereocenters. The molecule has 7 heterocycles. The highest BCUT2D eigenvalue weighted by Crippen LogP contribution is 2.43. The van der Waals surface area contributed by atoms with Crippen LogP contribution in [0, 0.1) is 0 Å². The third kappa shape index (κ3) is 17.7. The number of aromatic amines is 2. The van der Waals surface area contributed by atoms with Crippen molar-refractivity contribution in [1.29, 1.82) is 0 Å². The van der Waals surface area contributed by atoms with Gasteiger partial charge in [-0.1, -0.05) is 40.5 Å². The van der Waals surface area contributed by atoms with Crippen LogP contribution in [0.25, 0.3) is 40.4 Å². The van der Waals surface area contributed by atoms with Crippen LogP contribution >= 0.6 is 34.0 Å². The zero-order valence-corrected chi connectivity index (χ0v) is 35.6. The molecule has 0 aliphatic carbocycles. The quantitative estimate of drug-likeness (QED) is 0.120. The fourth-order valence-corrected chi connectivity index (χ4v) is 8.04. The standard InChI is InChI=1S/C15H9N5S3.C8H14N2O2.C5H11N.C4H7NO3.2C3H8/c1-10(8-3-16-6-19-8)21-12-2-13(22-11(1)12)14-5-18-15(23-14)9-4-17-7-20-9;1-7(11)9-6-8(12)10-4-2-3-5-10;1-6-4-2-3-5-6;1-8-4(7)5-2-3-6;2*1-3-2/h1-7H,(H,16,19)(H,17,20);2-6H2,1H3,(H,9,11);2-5H2,1H3;3H,2H2,1H3,(H,5,7);2*3H2,1-2H3. The Balaban J connectivity index is 0.000000275. The van der Waals surface area contributed by atoms with Gasteiger partial charge in [0.15, 0.2) is 0 Å². The molecule has 17 heteroatoms. The van der Waals surface area contributed by atoms with Crippen molar-refractivity contribution in [2.45, 2.75) is 73.1 Å². The Labute approximate surface area is 336 Å². The van der Waals surface area contributed by atoms with Gasteiger partial charge in [0.05, 0.1) is 66.4 Å². The van der Waals surface area contributed by atoms with Gasteiger partial charge < -0.3 is 39.9 Å². The van der Waals surface area contributed by atoms with Gasteiger partial charge in [-0.25, -0.2) is 19.7 Å². The number of hydrogen-bond acceptors (Lipinski definition) is 12. The first-order chi connectivity index (χ1) is 26.6. The third-order valence-electron chi connectivity index (χ3n) is 7.24. The van der Waals surface area contributed by atoms with Crippen molar-refractivity contribution < 1.29 is 23.9 Å². The van der Waals surface area contributed by atoms with Gasteiger partial charge >= 0.3 is 6.09 Å². The van der Waals surface area contributed by atoms with Crippen LogP contribution in [0.5, 0.6) is 0 Å². The van der Waals surface area contributed by atoms with Gasteiger partial charge in [0, 0.05) is 40.5 Å². The van der Waals surface area contributed by atoms with Gasteiger partial charge in [0.2, 0.25) is 11.8 Å². The van der Waals surface area contributed by atoms with Crippen LogP contribution in [-0.4, -0.2) is 112 Å². The number of H-pyrrole nitrogens is 2. The molecule has 7 rings (SSSR count). The van der Waals surface area contributed by atoms with E-state index in [1.807, 2.05) is 12.4 Å². The first-order valence-corrected chi connectivity index (χ1v) is 21.0. The van der Waals surface area contributed by atoms with Gasteiger partial charge in [-0.05, 0) is 58.0 Å². The number of alkyl carbamates (subject to hydrolysis) is 1. The Hall–Kier alpha value is -4.45. The molecule has 0 bridgehead atoms. The van der Waals surface area contributed by atoms with Crippen LogP contribution < -0.4 is 10.6 Å². The molecule has 0 saturated carbocycles. The first kappa shape index (κ1) is 46.7. The average molecular weight is 816 g/mol. The lowest BCUT2D eigenvalue weighted by Gasteiger charge is -2.14. The predicted octanol–water partition coefficient (Wildman–Crippen LogP) is 7.70. The minimum atomic E-state index is -0.586. The summed E-state index contributed by atoms with van der Waals surface area (Å²) in [5.74, 6) is -0.120. The predicted molar refractivity (Wildman–Crippen MR) is 226 cm³/mol. The van der Waals surface area contributed by atoms with E-state index >= 15 is 0 Å². The molecule has 3 amide bonds. The highest BCUT2D eigenvalue weighted by atomic mass is 32.1. The second kappa shape index (κ2) is 27.2. The number of imidazole rings is 2. The fourth-order valence-electron chi connectivity index (χ4n) is 4.72. The van der Waals surface area contributed by atoms with Crippen molar-refractivity contribution >= 4 is 67.6 Å². The Morgan fingerprint density at radius 3 is 1.84 bits per heavy atom. The number of methoxy groups -OCH3 is 1. The molecule has 2 fully saturated rings. The molecule has 4 N–H and O–H groups in total. The van der Waals surface area contributed by atoms with Crippen LogP contribution in [0.1, 0.15) is 73.1 Å². The maximum atomic E-state index is 11.3. The lowest BCUT2D eigenvalue weighted by atomic mass is 10.3. The zero-order chi connectivity index (χ0) is 40.4. The zero-order valence-electron chi connectivity index (χ0n) is 33.1. The van der Waals surface area contributed by atoms with E-state index in [1.165, 1.54) is 76.8 Å². The van der Waals surface area contributed by atoms with E-state index in [9.17, 15) is 19.2 Å². The summed E-state index contributed by atoms with van der Waals surface area (Å²) < 4.78 is 6.74. The summed E-state index contributed by atoms with van der Waals surface area (Å²) >= 11 is 5.26. The fraction of sp³-hybridized carbons (Fsp3) is 0.500. The number of nitrogens with zero attached hydrogens (tertiary/aromatic N) is 5. The van der Waals surface area contributed by atoms with Gasteiger partial charge in [-0.3, -0.25) is 9.59 Å². The van der Waals surface area contributed by atoms with Crippen LogP contribution in [0.4, 0.5) is 4.79 Å². The number of thiophene rings is 2. The minimum absolute atomic E-state index is 0.00662. The van der Waals surface area contributed by atoms with E-state index in [0.717, 1.165) is 42.3 Å². The number of aldehydes is 1. The number of carbonyl (C=O) groups is 4. The topological polar surface area (TPSA) is 178 Å². The van der Waals surface area contributed by atoms with Gasteiger partial charge in [0.25, 0.3) is 0 Å². The second-order valence-corrected chi connectivity index (χ2v) is 15.6. The minimum Gasteiger partial charge on any atom is -0.453 e.